The van der Waals surface area contributed by atoms with Crippen LogP contribution in [0.1, 0.15) is 10.4 Å². The quantitative estimate of drug-likeness (QED) is 0.841. The Morgan fingerprint density at radius 1 is 1.53 bits per heavy atom. The van der Waals surface area contributed by atoms with Gasteiger partial charge in [-0.15, -0.1) is 0 Å². The van der Waals surface area contributed by atoms with Crippen LogP contribution in [0.2, 0.25) is 0 Å². The van der Waals surface area contributed by atoms with Crippen LogP contribution in [-0.2, 0) is 0 Å². The highest BCUT2D eigenvalue weighted by Gasteiger charge is 2.29. The number of hydrogen-bond donors (Lipinski definition) is 1. The van der Waals surface area contributed by atoms with Crippen molar-refractivity contribution in [3.05, 3.63) is 34.1 Å². The molecule has 80 valence electrons. The number of carbonyl (C=O) groups is 1. The van der Waals surface area contributed by atoms with E-state index in [0.717, 1.165) is 0 Å². The SMILES string of the molecule is O=C(c1ccc(Br)c(F)c1)N1CC(O)C1. The summed E-state index contributed by atoms with van der Waals surface area (Å²) in [7, 11) is 0. The van der Waals surface area contributed by atoms with E-state index in [1.807, 2.05) is 0 Å². The molecular weight excluding hydrogens is 265 g/mol. The number of hydrogen-bond acceptors (Lipinski definition) is 2. The Balaban J connectivity index is 2.16. The summed E-state index contributed by atoms with van der Waals surface area (Å²) in [5.74, 6) is -0.700. The number of likely N-dealkylation sites (tertiary alicyclic amines) is 1. The van der Waals surface area contributed by atoms with Gasteiger partial charge < -0.3 is 10.0 Å². The van der Waals surface area contributed by atoms with Gasteiger partial charge in [-0.05, 0) is 34.1 Å². The van der Waals surface area contributed by atoms with Gasteiger partial charge in [0.05, 0.1) is 10.6 Å². The minimum atomic E-state index is -0.457. The molecule has 2 rings (SSSR count). The average molecular weight is 274 g/mol. The van der Waals surface area contributed by atoms with Gasteiger partial charge in [0.2, 0.25) is 0 Å². The van der Waals surface area contributed by atoms with Crippen molar-refractivity contribution >= 4 is 21.8 Å². The van der Waals surface area contributed by atoms with Crippen LogP contribution < -0.4 is 0 Å². The molecule has 0 aliphatic carbocycles. The molecule has 1 aromatic rings. The number of benzene rings is 1. The smallest absolute Gasteiger partial charge is 0.254 e. The van der Waals surface area contributed by atoms with Gasteiger partial charge in [0.25, 0.3) is 5.91 Å². The molecule has 0 bridgehead atoms. The fraction of sp³-hybridized carbons (Fsp3) is 0.300. The summed E-state index contributed by atoms with van der Waals surface area (Å²) in [4.78, 5) is 13.1. The molecule has 0 aromatic heterocycles. The van der Waals surface area contributed by atoms with Crippen molar-refractivity contribution in [3.8, 4) is 0 Å². The molecule has 1 aliphatic rings. The molecule has 15 heavy (non-hydrogen) atoms. The first-order valence-electron chi connectivity index (χ1n) is 4.50. The Morgan fingerprint density at radius 3 is 2.73 bits per heavy atom. The molecular formula is C10H9BrFNO2. The molecule has 5 heteroatoms. The van der Waals surface area contributed by atoms with Crippen molar-refractivity contribution in [2.75, 3.05) is 13.1 Å². The summed E-state index contributed by atoms with van der Waals surface area (Å²) in [6, 6.07) is 4.25. The monoisotopic (exact) mass is 273 g/mol. The third kappa shape index (κ3) is 2.03. The molecule has 0 atom stereocenters. The summed E-state index contributed by atoms with van der Waals surface area (Å²) in [6.07, 6.45) is -0.436. The number of amides is 1. The number of carbonyl (C=O) groups excluding carboxylic acids is 1. The van der Waals surface area contributed by atoms with E-state index < -0.39 is 11.9 Å². The minimum absolute atomic E-state index is 0.244. The number of β-amino-alcohol motifs (C(OH)–C–C–N with tert-alkyl or cyclic N) is 1. The molecule has 0 spiro atoms. The van der Waals surface area contributed by atoms with Crippen molar-refractivity contribution in [1.29, 1.82) is 0 Å². The van der Waals surface area contributed by atoms with Gasteiger partial charge in [0.1, 0.15) is 5.82 Å². The van der Waals surface area contributed by atoms with Crippen molar-refractivity contribution in [2.45, 2.75) is 6.10 Å². The molecule has 1 amide bonds. The maximum Gasteiger partial charge on any atom is 0.254 e. The van der Waals surface area contributed by atoms with Gasteiger partial charge in [0.15, 0.2) is 0 Å². The summed E-state index contributed by atoms with van der Waals surface area (Å²) in [5.41, 5.74) is 0.308. The molecule has 1 aromatic carbocycles. The van der Waals surface area contributed by atoms with Gasteiger partial charge in [-0.3, -0.25) is 4.79 Å². The van der Waals surface area contributed by atoms with E-state index in [-0.39, 0.29) is 5.91 Å². The van der Waals surface area contributed by atoms with Crippen LogP contribution in [0.4, 0.5) is 4.39 Å². The van der Waals surface area contributed by atoms with Crippen LogP contribution in [-0.4, -0.2) is 35.1 Å². The van der Waals surface area contributed by atoms with Crippen LogP contribution >= 0.6 is 15.9 Å². The van der Waals surface area contributed by atoms with Gasteiger partial charge in [-0.1, -0.05) is 0 Å². The van der Waals surface area contributed by atoms with Crippen molar-refractivity contribution in [3.63, 3.8) is 0 Å². The maximum atomic E-state index is 13.1. The standard InChI is InChI=1S/C10H9BrFNO2/c11-8-2-1-6(3-9(8)12)10(15)13-4-7(14)5-13/h1-3,7,14H,4-5H2. The van der Waals surface area contributed by atoms with Crippen molar-refractivity contribution in [2.24, 2.45) is 0 Å². The fourth-order valence-electron chi connectivity index (χ4n) is 1.43. The second-order valence-electron chi connectivity index (χ2n) is 3.49. The Bertz CT molecular complexity index is 404. The fourth-order valence-corrected chi connectivity index (χ4v) is 1.68. The first kappa shape index (κ1) is 10.6. The zero-order valence-electron chi connectivity index (χ0n) is 7.78. The van der Waals surface area contributed by atoms with Crippen LogP contribution in [0.15, 0.2) is 22.7 Å². The number of halogens is 2. The lowest BCUT2D eigenvalue weighted by molar-refractivity contribution is 0.00587. The summed E-state index contributed by atoms with van der Waals surface area (Å²) < 4.78 is 13.5. The average Bonchev–Trinajstić information content (AvgIpc) is 2.16. The number of rotatable bonds is 1. The molecule has 0 saturated carbocycles. The summed E-state index contributed by atoms with van der Waals surface area (Å²) >= 11 is 3.02. The second-order valence-corrected chi connectivity index (χ2v) is 4.35. The molecule has 3 nitrogen and oxygen atoms in total. The van der Waals surface area contributed by atoms with E-state index in [0.29, 0.717) is 23.1 Å². The van der Waals surface area contributed by atoms with Gasteiger partial charge in [-0.25, -0.2) is 4.39 Å². The molecule has 1 aliphatic heterocycles. The van der Waals surface area contributed by atoms with Crippen LogP contribution in [0.3, 0.4) is 0 Å². The zero-order chi connectivity index (χ0) is 11.0. The molecule has 1 saturated heterocycles. The van der Waals surface area contributed by atoms with Gasteiger partial charge in [-0.2, -0.15) is 0 Å². The predicted octanol–water partition coefficient (Wildman–Crippen LogP) is 1.40. The maximum absolute atomic E-state index is 13.1. The number of nitrogens with zero attached hydrogens (tertiary/aromatic N) is 1. The van der Waals surface area contributed by atoms with E-state index in [4.69, 9.17) is 5.11 Å². The Morgan fingerprint density at radius 2 is 2.20 bits per heavy atom. The van der Waals surface area contributed by atoms with Crippen molar-refractivity contribution in [1.82, 2.24) is 4.90 Å². The highest BCUT2D eigenvalue weighted by Crippen LogP contribution is 2.19. The Labute approximate surface area is 94.6 Å². The number of aliphatic hydroxyl groups excluding tert-OH is 1. The predicted molar refractivity (Wildman–Crippen MR) is 56.0 cm³/mol. The van der Waals surface area contributed by atoms with E-state index >= 15 is 0 Å². The lowest BCUT2D eigenvalue weighted by Gasteiger charge is -2.35. The lowest BCUT2D eigenvalue weighted by Crippen LogP contribution is -2.53. The van der Waals surface area contributed by atoms with E-state index in [9.17, 15) is 9.18 Å². The van der Waals surface area contributed by atoms with E-state index in [2.05, 4.69) is 15.9 Å². The molecule has 1 N–H and O–H groups in total. The Kier molecular flexibility index (Phi) is 2.75. The third-order valence-electron chi connectivity index (χ3n) is 2.32. The summed E-state index contributed by atoms with van der Waals surface area (Å²) in [5, 5.41) is 9.04. The molecule has 1 heterocycles. The van der Waals surface area contributed by atoms with Crippen LogP contribution in [0, 0.1) is 5.82 Å². The largest absolute Gasteiger partial charge is 0.389 e. The van der Waals surface area contributed by atoms with Gasteiger partial charge >= 0.3 is 0 Å². The normalized spacial score (nSPS) is 16.3. The highest BCUT2D eigenvalue weighted by atomic mass is 79.9. The second kappa shape index (κ2) is 3.90. The highest BCUT2D eigenvalue weighted by molar-refractivity contribution is 9.10. The summed E-state index contributed by atoms with van der Waals surface area (Å²) in [6.45, 7) is 0.660. The first-order chi connectivity index (χ1) is 7.08. The van der Waals surface area contributed by atoms with Gasteiger partial charge in [0, 0.05) is 18.7 Å². The number of aliphatic hydroxyl groups is 1. The topological polar surface area (TPSA) is 40.5 Å². The molecule has 0 unspecified atom stereocenters. The van der Waals surface area contributed by atoms with Crippen LogP contribution in [0.5, 0.6) is 0 Å². The van der Waals surface area contributed by atoms with E-state index in [1.165, 1.54) is 17.0 Å². The van der Waals surface area contributed by atoms with Crippen molar-refractivity contribution < 1.29 is 14.3 Å². The Hall–Kier alpha value is -0.940. The lowest BCUT2D eigenvalue weighted by atomic mass is 10.1. The minimum Gasteiger partial charge on any atom is -0.389 e. The third-order valence-corrected chi connectivity index (χ3v) is 2.96. The van der Waals surface area contributed by atoms with E-state index in [1.54, 1.807) is 6.07 Å². The molecule has 0 radical (unpaired) electrons. The molecule has 1 fully saturated rings. The zero-order valence-corrected chi connectivity index (χ0v) is 9.37. The first-order valence-corrected chi connectivity index (χ1v) is 5.29. The van der Waals surface area contributed by atoms with Crippen LogP contribution in [0.25, 0.3) is 0 Å².